The molecule has 1 N–H and O–H groups in total. The van der Waals surface area contributed by atoms with Crippen LogP contribution in [-0.2, 0) is 4.79 Å². The summed E-state index contributed by atoms with van der Waals surface area (Å²) in [5.41, 5.74) is 0.567. The Bertz CT molecular complexity index is 211. The molecule has 0 bridgehead atoms. The number of carbonyl (C=O) groups is 1. The molecule has 1 spiro atoms. The lowest BCUT2D eigenvalue weighted by Gasteiger charge is -2.44. The van der Waals surface area contributed by atoms with Gasteiger partial charge in [0.15, 0.2) is 0 Å². The molecule has 0 saturated carbocycles. The smallest absolute Gasteiger partial charge is 0.219 e. The minimum Gasteiger partial charge on any atom is -0.343 e. The number of hydrogen-bond acceptors (Lipinski definition) is 2. The molecule has 2 rings (SSSR count). The lowest BCUT2D eigenvalue weighted by Crippen LogP contribution is -2.46. The van der Waals surface area contributed by atoms with Gasteiger partial charge in [-0.3, -0.25) is 4.79 Å². The van der Waals surface area contributed by atoms with Crippen molar-refractivity contribution in [1.29, 1.82) is 0 Å². The molecule has 0 unspecified atom stereocenters. The Hall–Kier alpha value is -0.570. The van der Waals surface area contributed by atoms with Crippen LogP contribution < -0.4 is 5.32 Å². The fourth-order valence-electron chi connectivity index (χ4n) is 2.75. The van der Waals surface area contributed by atoms with Gasteiger partial charge in [0.2, 0.25) is 5.91 Å². The van der Waals surface area contributed by atoms with Crippen molar-refractivity contribution < 1.29 is 4.79 Å². The molecule has 0 aromatic rings. The van der Waals surface area contributed by atoms with Gasteiger partial charge >= 0.3 is 0 Å². The van der Waals surface area contributed by atoms with E-state index in [1.165, 1.54) is 38.8 Å². The van der Waals surface area contributed by atoms with Gasteiger partial charge in [-0.1, -0.05) is 0 Å². The van der Waals surface area contributed by atoms with Crippen molar-refractivity contribution in [1.82, 2.24) is 10.2 Å². The van der Waals surface area contributed by atoms with E-state index >= 15 is 0 Å². The summed E-state index contributed by atoms with van der Waals surface area (Å²) in [6, 6.07) is 0. The van der Waals surface area contributed by atoms with Crippen LogP contribution in [0.3, 0.4) is 0 Å². The van der Waals surface area contributed by atoms with Gasteiger partial charge in [-0.2, -0.15) is 0 Å². The van der Waals surface area contributed by atoms with Gasteiger partial charge in [-0.15, -0.1) is 0 Å². The molecule has 0 aromatic carbocycles. The molecule has 3 nitrogen and oxygen atoms in total. The van der Waals surface area contributed by atoms with Crippen molar-refractivity contribution in [3.05, 3.63) is 0 Å². The quantitative estimate of drug-likeness (QED) is 0.627. The second-order valence-corrected chi connectivity index (χ2v) is 4.76. The second-order valence-electron chi connectivity index (χ2n) is 4.76. The van der Waals surface area contributed by atoms with Crippen LogP contribution in [0.25, 0.3) is 0 Å². The minimum atomic E-state index is 0.244. The van der Waals surface area contributed by atoms with Gasteiger partial charge < -0.3 is 10.2 Å². The summed E-state index contributed by atoms with van der Waals surface area (Å²) in [7, 11) is 0. The molecular formula is C11H20N2O. The number of rotatable bonds is 0. The first kappa shape index (κ1) is 9.97. The first-order chi connectivity index (χ1) is 6.72. The summed E-state index contributed by atoms with van der Waals surface area (Å²) < 4.78 is 0. The van der Waals surface area contributed by atoms with E-state index in [-0.39, 0.29) is 5.91 Å². The largest absolute Gasteiger partial charge is 0.343 e. The fraction of sp³-hybridized carbons (Fsp3) is 0.909. The number of likely N-dealkylation sites (tertiary alicyclic amines) is 1. The van der Waals surface area contributed by atoms with Crippen molar-refractivity contribution in [3.63, 3.8) is 0 Å². The zero-order valence-corrected chi connectivity index (χ0v) is 9.01. The highest BCUT2D eigenvalue weighted by Crippen LogP contribution is 2.39. The summed E-state index contributed by atoms with van der Waals surface area (Å²) in [5.74, 6) is 0.244. The van der Waals surface area contributed by atoms with Crippen LogP contribution in [0.5, 0.6) is 0 Å². The summed E-state index contributed by atoms with van der Waals surface area (Å²) >= 11 is 0. The number of nitrogens with one attached hydrogen (secondary N) is 1. The van der Waals surface area contributed by atoms with Gasteiger partial charge in [0.25, 0.3) is 0 Å². The molecule has 0 aromatic heterocycles. The predicted octanol–water partition coefficient (Wildman–Crippen LogP) is 0.998. The van der Waals surface area contributed by atoms with Crippen LogP contribution in [0, 0.1) is 5.41 Å². The van der Waals surface area contributed by atoms with E-state index in [1.807, 2.05) is 4.90 Å². The third-order valence-electron chi connectivity index (χ3n) is 3.93. The van der Waals surface area contributed by atoms with Crippen molar-refractivity contribution in [2.24, 2.45) is 5.41 Å². The van der Waals surface area contributed by atoms with Crippen LogP contribution in [0.15, 0.2) is 0 Å². The highest BCUT2D eigenvalue weighted by molar-refractivity contribution is 5.73. The van der Waals surface area contributed by atoms with Gasteiger partial charge in [0.05, 0.1) is 0 Å². The Morgan fingerprint density at radius 1 is 1.14 bits per heavy atom. The first-order valence-corrected chi connectivity index (χ1v) is 5.68. The van der Waals surface area contributed by atoms with Crippen molar-refractivity contribution in [2.45, 2.75) is 32.6 Å². The number of nitrogens with zero attached hydrogens (tertiary/aromatic N) is 1. The fourth-order valence-corrected chi connectivity index (χ4v) is 2.75. The lowest BCUT2D eigenvalue weighted by molar-refractivity contribution is -0.131. The molecule has 80 valence electrons. The Labute approximate surface area is 85.8 Å². The number of amides is 1. The Morgan fingerprint density at radius 3 is 2.21 bits per heavy atom. The third-order valence-corrected chi connectivity index (χ3v) is 3.93. The number of piperidine rings is 2. The van der Waals surface area contributed by atoms with E-state index in [2.05, 4.69) is 5.32 Å². The predicted molar refractivity (Wildman–Crippen MR) is 56.0 cm³/mol. The van der Waals surface area contributed by atoms with Crippen molar-refractivity contribution in [3.8, 4) is 0 Å². The molecule has 14 heavy (non-hydrogen) atoms. The SMILES string of the molecule is CC(=O)N1CCC2(CCNCC2)CC1. The van der Waals surface area contributed by atoms with E-state index in [1.54, 1.807) is 6.92 Å². The van der Waals surface area contributed by atoms with E-state index in [0.717, 1.165) is 13.1 Å². The Balaban J connectivity index is 1.90. The topological polar surface area (TPSA) is 32.3 Å². The molecule has 2 aliphatic heterocycles. The van der Waals surface area contributed by atoms with Gasteiger partial charge in [0, 0.05) is 20.0 Å². The third kappa shape index (κ3) is 1.92. The van der Waals surface area contributed by atoms with Gasteiger partial charge in [-0.25, -0.2) is 0 Å². The van der Waals surface area contributed by atoms with Crippen LogP contribution in [0.2, 0.25) is 0 Å². The molecule has 1 amide bonds. The average Bonchev–Trinajstić information content (AvgIpc) is 2.19. The minimum absolute atomic E-state index is 0.244. The maximum atomic E-state index is 11.2. The molecule has 0 radical (unpaired) electrons. The molecule has 0 atom stereocenters. The zero-order chi connectivity index (χ0) is 10.0. The first-order valence-electron chi connectivity index (χ1n) is 5.68. The summed E-state index contributed by atoms with van der Waals surface area (Å²) in [6.07, 6.45) is 5.04. The molecule has 2 fully saturated rings. The average molecular weight is 196 g/mol. The van der Waals surface area contributed by atoms with E-state index in [4.69, 9.17) is 0 Å². The van der Waals surface area contributed by atoms with Crippen molar-refractivity contribution in [2.75, 3.05) is 26.2 Å². The van der Waals surface area contributed by atoms with Gasteiger partial charge in [-0.05, 0) is 44.2 Å². The Morgan fingerprint density at radius 2 is 1.71 bits per heavy atom. The van der Waals surface area contributed by atoms with Crippen LogP contribution in [0.4, 0.5) is 0 Å². The van der Waals surface area contributed by atoms with E-state index < -0.39 is 0 Å². The van der Waals surface area contributed by atoms with Crippen LogP contribution in [-0.4, -0.2) is 37.0 Å². The maximum absolute atomic E-state index is 11.2. The van der Waals surface area contributed by atoms with Crippen LogP contribution >= 0.6 is 0 Å². The summed E-state index contributed by atoms with van der Waals surface area (Å²) in [5, 5.41) is 3.41. The standard InChI is InChI=1S/C11H20N2O/c1-10(14)13-8-4-11(5-9-13)2-6-12-7-3-11/h12H,2-9H2,1H3. The number of hydrogen-bond donors (Lipinski definition) is 1. The molecule has 2 saturated heterocycles. The van der Waals surface area contributed by atoms with Crippen LogP contribution in [0.1, 0.15) is 32.6 Å². The van der Waals surface area contributed by atoms with E-state index in [0.29, 0.717) is 5.41 Å². The molecule has 3 heteroatoms. The molecule has 0 aliphatic carbocycles. The van der Waals surface area contributed by atoms with Crippen molar-refractivity contribution >= 4 is 5.91 Å². The maximum Gasteiger partial charge on any atom is 0.219 e. The molecule has 2 heterocycles. The second kappa shape index (κ2) is 3.89. The highest BCUT2D eigenvalue weighted by Gasteiger charge is 2.35. The highest BCUT2D eigenvalue weighted by atomic mass is 16.2. The summed E-state index contributed by atoms with van der Waals surface area (Å²) in [6.45, 7) is 5.98. The summed E-state index contributed by atoms with van der Waals surface area (Å²) in [4.78, 5) is 13.2. The lowest BCUT2D eigenvalue weighted by atomic mass is 9.71. The van der Waals surface area contributed by atoms with E-state index in [9.17, 15) is 4.79 Å². The zero-order valence-electron chi connectivity index (χ0n) is 9.01. The van der Waals surface area contributed by atoms with Gasteiger partial charge in [0.1, 0.15) is 0 Å². The molecule has 2 aliphatic rings. The Kier molecular flexibility index (Phi) is 2.77. The monoisotopic (exact) mass is 196 g/mol. The normalized spacial score (nSPS) is 26.5. The number of carbonyl (C=O) groups excluding carboxylic acids is 1. The molecular weight excluding hydrogens is 176 g/mol.